The van der Waals surface area contributed by atoms with Crippen molar-refractivity contribution in [3.8, 4) is 45.1 Å². The van der Waals surface area contributed by atoms with Gasteiger partial charge in [0.15, 0.2) is 0 Å². The van der Waals surface area contributed by atoms with Crippen molar-refractivity contribution in [1.29, 1.82) is 0 Å². The molecule has 32 heavy (non-hydrogen) atoms. The molecular weight excluding hydrogens is 400 g/mol. The molecule has 0 bridgehead atoms. The van der Waals surface area contributed by atoms with Crippen LogP contribution in [-0.2, 0) is 13.2 Å². The molecule has 6 nitrogen and oxygen atoms in total. The second kappa shape index (κ2) is 6.99. The Morgan fingerprint density at radius 1 is 0.688 bits per heavy atom. The van der Waals surface area contributed by atoms with Crippen molar-refractivity contribution < 1.29 is 9.47 Å². The van der Waals surface area contributed by atoms with Crippen molar-refractivity contribution in [2.75, 3.05) is 0 Å². The predicted molar refractivity (Wildman–Crippen MR) is 124 cm³/mol. The fraction of sp³-hybridized carbons (Fsp3) is 0.308. The molecule has 2 N–H and O–H groups in total. The number of nitrogens with one attached hydrogen (secondary N) is 2. The fourth-order valence-electron chi connectivity index (χ4n) is 4.39. The minimum absolute atomic E-state index is 0.352. The first-order chi connectivity index (χ1) is 15.5. The topological polar surface area (TPSA) is 75.8 Å². The molecule has 6 rings (SSSR count). The Morgan fingerprint density at radius 3 is 1.53 bits per heavy atom. The van der Waals surface area contributed by atoms with E-state index in [4.69, 9.17) is 19.4 Å². The Balaban J connectivity index is 1.36. The Labute approximate surface area is 187 Å². The maximum atomic E-state index is 6.07. The zero-order valence-electron chi connectivity index (χ0n) is 18.7. The number of H-pyrrole nitrogens is 2. The third kappa shape index (κ3) is 2.93. The minimum Gasteiger partial charge on any atom is -0.487 e. The number of nitrogens with zero attached hydrogens (tertiary/aromatic N) is 2. The van der Waals surface area contributed by atoms with Crippen LogP contribution in [0.1, 0.15) is 62.6 Å². The van der Waals surface area contributed by atoms with Gasteiger partial charge in [0.25, 0.3) is 0 Å². The minimum atomic E-state index is 0.352. The third-order valence-corrected chi connectivity index (χ3v) is 6.24. The number of fused-ring (bicyclic) bond motifs is 6. The Bertz CT molecular complexity index is 1240. The first-order valence-electron chi connectivity index (χ1n) is 11.2. The number of aromatic nitrogens is 4. The summed E-state index contributed by atoms with van der Waals surface area (Å²) in [5.74, 6) is 4.44. The zero-order chi connectivity index (χ0) is 22.0. The number of aromatic amines is 2. The summed E-state index contributed by atoms with van der Waals surface area (Å²) in [5.41, 5.74) is 8.36. The molecule has 0 atom stereocenters. The molecule has 0 amide bonds. The Kier molecular flexibility index (Phi) is 4.18. The number of hydrogen-bond acceptors (Lipinski definition) is 4. The number of hydrogen-bond donors (Lipinski definition) is 2. The smallest absolute Gasteiger partial charge is 0.130 e. The molecule has 0 fully saturated rings. The van der Waals surface area contributed by atoms with E-state index in [1.54, 1.807) is 0 Å². The standard InChI is InChI=1S/C26H26N4O2/c1-13(2)25-27-19-11-31-21-9-15(5-7-17(21)23(19)29-25)16-6-8-18-22(10-16)32-12-20-24(18)30-26(28-20)14(3)4/h5-10,13-14H,11-12H2,1-4H3,(H,27,29)(H,28,30). The van der Waals surface area contributed by atoms with Gasteiger partial charge >= 0.3 is 0 Å². The van der Waals surface area contributed by atoms with Crippen LogP contribution in [0.2, 0.25) is 0 Å². The van der Waals surface area contributed by atoms with E-state index >= 15 is 0 Å². The first-order valence-corrected chi connectivity index (χ1v) is 11.2. The van der Waals surface area contributed by atoms with E-state index in [0.29, 0.717) is 25.0 Å². The molecule has 2 aromatic carbocycles. The zero-order valence-corrected chi connectivity index (χ0v) is 18.7. The van der Waals surface area contributed by atoms with E-state index < -0.39 is 0 Å². The molecular formula is C26H26N4O2. The first kappa shape index (κ1) is 19.2. The second-order valence-corrected chi connectivity index (χ2v) is 9.21. The normalized spacial score (nSPS) is 13.8. The molecule has 0 radical (unpaired) electrons. The lowest BCUT2D eigenvalue weighted by atomic mass is 9.97. The van der Waals surface area contributed by atoms with Crippen LogP contribution in [0.15, 0.2) is 36.4 Å². The van der Waals surface area contributed by atoms with Crippen molar-refractivity contribution in [3.63, 3.8) is 0 Å². The molecule has 0 unspecified atom stereocenters. The summed E-state index contributed by atoms with van der Waals surface area (Å²) in [7, 11) is 0. The molecule has 0 aliphatic carbocycles. The number of rotatable bonds is 3. The van der Waals surface area contributed by atoms with Gasteiger partial charge in [-0.2, -0.15) is 0 Å². The van der Waals surface area contributed by atoms with Crippen molar-refractivity contribution in [1.82, 2.24) is 19.9 Å². The molecule has 162 valence electrons. The van der Waals surface area contributed by atoms with Gasteiger partial charge in [0.1, 0.15) is 36.4 Å². The lowest BCUT2D eigenvalue weighted by Crippen LogP contribution is -2.06. The van der Waals surface area contributed by atoms with E-state index in [1.165, 1.54) is 0 Å². The lowest BCUT2D eigenvalue weighted by Gasteiger charge is -2.19. The fourth-order valence-corrected chi connectivity index (χ4v) is 4.39. The van der Waals surface area contributed by atoms with Crippen molar-refractivity contribution in [2.45, 2.75) is 52.7 Å². The summed E-state index contributed by atoms with van der Waals surface area (Å²) in [6, 6.07) is 12.7. The van der Waals surface area contributed by atoms with Crippen molar-refractivity contribution >= 4 is 0 Å². The highest BCUT2D eigenvalue weighted by atomic mass is 16.5. The summed E-state index contributed by atoms with van der Waals surface area (Å²) in [6.45, 7) is 9.59. The highest BCUT2D eigenvalue weighted by Gasteiger charge is 2.25. The quantitative estimate of drug-likeness (QED) is 0.411. The SMILES string of the molecule is CC(C)c1nc2c([nH]1)COc1cc(-c3ccc4c(c3)OCc3[nH]c(C(C)C)nc3-4)ccc1-2. The average Bonchev–Trinajstić information content (AvgIpc) is 3.43. The molecule has 4 heterocycles. The van der Waals surface area contributed by atoms with E-state index in [2.05, 4.69) is 74.1 Å². The second-order valence-electron chi connectivity index (χ2n) is 9.21. The average molecular weight is 427 g/mol. The highest BCUT2D eigenvalue weighted by molar-refractivity contribution is 5.80. The van der Waals surface area contributed by atoms with Crippen molar-refractivity contribution in [3.05, 3.63) is 59.4 Å². The van der Waals surface area contributed by atoms with E-state index in [9.17, 15) is 0 Å². The van der Waals surface area contributed by atoms with Crippen LogP contribution in [0, 0.1) is 0 Å². The summed E-state index contributed by atoms with van der Waals surface area (Å²) in [5, 5.41) is 0. The van der Waals surface area contributed by atoms with Gasteiger partial charge < -0.3 is 19.4 Å². The molecule has 2 aliphatic heterocycles. The van der Waals surface area contributed by atoms with E-state index in [0.717, 1.165) is 68.2 Å². The molecule has 6 heteroatoms. The summed E-state index contributed by atoms with van der Waals surface area (Å²) in [4.78, 5) is 16.5. The maximum absolute atomic E-state index is 6.07. The van der Waals surface area contributed by atoms with Gasteiger partial charge in [-0.3, -0.25) is 0 Å². The van der Waals surface area contributed by atoms with Crippen LogP contribution < -0.4 is 9.47 Å². The molecule has 2 aliphatic rings. The predicted octanol–water partition coefficient (Wildman–Crippen LogP) is 6.17. The maximum Gasteiger partial charge on any atom is 0.130 e. The molecule has 4 aromatic rings. The Morgan fingerprint density at radius 2 is 1.12 bits per heavy atom. The van der Waals surface area contributed by atoms with Gasteiger partial charge in [0, 0.05) is 23.0 Å². The lowest BCUT2D eigenvalue weighted by molar-refractivity contribution is 0.297. The third-order valence-electron chi connectivity index (χ3n) is 6.24. The Hall–Kier alpha value is -3.54. The number of ether oxygens (including phenoxy) is 2. The van der Waals surface area contributed by atoms with Crippen LogP contribution in [0.5, 0.6) is 11.5 Å². The van der Waals surface area contributed by atoms with Crippen LogP contribution >= 0.6 is 0 Å². The largest absolute Gasteiger partial charge is 0.487 e. The highest BCUT2D eigenvalue weighted by Crippen LogP contribution is 2.42. The molecule has 0 saturated heterocycles. The number of imidazole rings is 2. The van der Waals surface area contributed by atoms with Gasteiger partial charge in [-0.05, 0) is 35.4 Å². The van der Waals surface area contributed by atoms with Crippen molar-refractivity contribution in [2.24, 2.45) is 0 Å². The molecule has 2 aromatic heterocycles. The monoisotopic (exact) mass is 426 g/mol. The van der Waals surface area contributed by atoms with E-state index in [-0.39, 0.29) is 0 Å². The van der Waals surface area contributed by atoms with Gasteiger partial charge in [-0.1, -0.05) is 39.8 Å². The van der Waals surface area contributed by atoms with Crippen LogP contribution in [0.25, 0.3) is 33.6 Å². The van der Waals surface area contributed by atoms with E-state index in [1.807, 2.05) is 0 Å². The van der Waals surface area contributed by atoms with Crippen LogP contribution in [0.3, 0.4) is 0 Å². The molecule has 0 saturated carbocycles. The number of benzene rings is 2. The summed E-state index contributed by atoms with van der Waals surface area (Å²) >= 11 is 0. The molecule has 0 spiro atoms. The van der Waals surface area contributed by atoms with Gasteiger partial charge in [-0.25, -0.2) is 9.97 Å². The van der Waals surface area contributed by atoms with Gasteiger partial charge in [0.2, 0.25) is 0 Å². The van der Waals surface area contributed by atoms with Crippen LogP contribution in [-0.4, -0.2) is 19.9 Å². The summed E-state index contributed by atoms with van der Waals surface area (Å²) in [6.07, 6.45) is 0. The van der Waals surface area contributed by atoms with Gasteiger partial charge in [-0.15, -0.1) is 0 Å². The summed E-state index contributed by atoms with van der Waals surface area (Å²) < 4.78 is 12.1. The van der Waals surface area contributed by atoms with Gasteiger partial charge in [0.05, 0.1) is 22.8 Å². The van der Waals surface area contributed by atoms with Crippen LogP contribution in [0.4, 0.5) is 0 Å².